The molecule has 1 fully saturated rings. The Labute approximate surface area is 166 Å². The summed E-state index contributed by atoms with van der Waals surface area (Å²) in [6, 6.07) is 10.1. The van der Waals surface area contributed by atoms with Gasteiger partial charge in [-0.15, -0.1) is 0 Å². The summed E-state index contributed by atoms with van der Waals surface area (Å²) in [6.45, 7) is 1.91. The van der Waals surface area contributed by atoms with Crippen LogP contribution in [0.1, 0.15) is 30.1 Å². The lowest BCUT2D eigenvalue weighted by atomic mass is 10.2. The minimum atomic E-state index is -1.15. The van der Waals surface area contributed by atoms with Gasteiger partial charge >= 0.3 is 5.97 Å². The van der Waals surface area contributed by atoms with Crippen LogP contribution in [0.15, 0.2) is 42.5 Å². The number of anilines is 2. The predicted molar refractivity (Wildman–Crippen MR) is 103 cm³/mol. The number of para-hydroxylation sites is 1. The molecule has 146 valence electrons. The molecule has 1 atom stereocenters. The Kier molecular flexibility index (Phi) is 5.94. The lowest BCUT2D eigenvalue weighted by Gasteiger charge is -2.19. The number of amides is 2. The summed E-state index contributed by atoms with van der Waals surface area (Å²) in [5.41, 5.74) is 0.587. The number of esters is 1. The molecule has 0 spiro atoms. The van der Waals surface area contributed by atoms with Crippen LogP contribution in [0, 0.1) is 5.82 Å². The van der Waals surface area contributed by atoms with Gasteiger partial charge in [0.25, 0.3) is 5.91 Å². The SMILES string of the molecule is C[C@@H](OC(=O)c1ccc(Cl)c(N2CCCC2=O)c1)C(=O)Nc1ccccc1F. The molecular formula is C20H18ClFN2O4. The third-order valence-electron chi connectivity index (χ3n) is 4.33. The molecule has 3 rings (SSSR count). The minimum Gasteiger partial charge on any atom is -0.449 e. The number of nitrogens with one attached hydrogen (secondary N) is 1. The number of ether oxygens (including phenoxy) is 1. The van der Waals surface area contributed by atoms with Crippen LogP contribution in [0.25, 0.3) is 0 Å². The van der Waals surface area contributed by atoms with Crippen LogP contribution in [0.5, 0.6) is 0 Å². The Morgan fingerprint density at radius 1 is 1.25 bits per heavy atom. The maximum atomic E-state index is 13.6. The molecule has 8 heteroatoms. The normalized spacial score (nSPS) is 14.7. The van der Waals surface area contributed by atoms with Gasteiger partial charge in [-0.25, -0.2) is 9.18 Å². The van der Waals surface area contributed by atoms with E-state index in [1.54, 1.807) is 6.07 Å². The second-order valence-electron chi connectivity index (χ2n) is 6.33. The average molecular weight is 405 g/mol. The number of rotatable bonds is 5. The molecule has 1 saturated heterocycles. The van der Waals surface area contributed by atoms with Crippen molar-refractivity contribution < 1.29 is 23.5 Å². The van der Waals surface area contributed by atoms with E-state index in [-0.39, 0.29) is 17.2 Å². The molecule has 1 heterocycles. The zero-order chi connectivity index (χ0) is 20.3. The monoisotopic (exact) mass is 404 g/mol. The molecule has 0 radical (unpaired) electrons. The van der Waals surface area contributed by atoms with E-state index in [1.807, 2.05) is 0 Å². The van der Waals surface area contributed by atoms with E-state index in [9.17, 15) is 18.8 Å². The topological polar surface area (TPSA) is 75.7 Å². The second kappa shape index (κ2) is 8.39. The Morgan fingerprint density at radius 2 is 2.00 bits per heavy atom. The van der Waals surface area contributed by atoms with Crippen molar-refractivity contribution >= 4 is 40.8 Å². The molecule has 0 bridgehead atoms. The molecular weight excluding hydrogens is 387 g/mol. The minimum absolute atomic E-state index is 0.00303. The number of carbonyl (C=O) groups is 3. The van der Waals surface area contributed by atoms with Crippen molar-refractivity contribution in [3.05, 3.63) is 58.9 Å². The van der Waals surface area contributed by atoms with E-state index in [2.05, 4.69) is 5.32 Å². The molecule has 1 aliphatic heterocycles. The Morgan fingerprint density at radius 3 is 2.68 bits per heavy atom. The van der Waals surface area contributed by atoms with Gasteiger partial charge in [-0.05, 0) is 43.7 Å². The third kappa shape index (κ3) is 4.31. The second-order valence-corrected chi connectivity index (χ2v) is 6.74. The molecule has 0 unspecified atom stereocenters. The van der Waals surface area contributed by atoms with E-state index < -0.39 is 23.8 Å². The number of halogens is 2. The van der Waals surface area contributed by atoms with Crippen molar-refractivity contribution in [2.24, 2.45) is 0 Å². The Balaban J connectivity index is 1.69. The van der Waals surface area contributed by atoms with Crippen LogP contribution in [0.4, 0.5) is 15.8 Å². The van der Waals surface area contributed by atoms with Crippen molar-refractivity contribution in [3.63, 3.8) is 0 Å². The molecule has 0 aromatic heterocycles. The molecule has 1 aliphatic rings. The van der Waals surface area contributed by atoms with Gasteiger partial charge in [-0.1, -0.05) is 23.7 Å². The Hall–Kier alpha value is -2.93. The van der Waals surface area contributed by atoms with Crippen LogP contribution in [0.2, 0.25) is 5.02 Å². The first kappa shape index (κ1) is 19.8. The highest BCUT2D eigenvalue weighted by molar-refractivity contribution is 6.34. The van der Waals surface area contributed by atoms with Gasteiger partial charge in [0, 0.05) is 13.0 Å². The van der Waals surface area contributed by atoms with Gasteiger partial charge in [-0.3, -0.25) is 9.59 Å². The number of benzene rings is 2. The summed E-state index contributed by atoms with van der Waals surface area (Å²) in [4.78, 5) is 38.1. The first-order chi connectivity index (χ1) is 13.4. The fourth-order valence-corrected chi connectivity index (χ4v) is 3.05. The lowest BCUT2D eigenvalue weighted by Crippen LogP contribution is -2.30. The number of hydrogen-bond acceptors (Lipinski definition) is 4. The number of nitrogens with zero attached hydrogens (tertiary/aromatic N) is 1. The van der Waals surface area contributed by atoms with Crippen molar-refractivity contribution in [2.75, 3.05) is 16.8 Å². The van der Waals surface area contributed by atoms with Gasteiger partial charge < -0.3 is 15.0 Å². The third-order valence-corrected chi connectivity index (χ3v) is 4.65. The van der Waals surface area contributed by atoms with E-state index in [1.165, 1.54) is 48.2 Å². The standard InChI is InChI=1S/C20H18ClFN2O4/c1-12(19(26)23-16-6-3-2-5-15(16)22)28-20(27)13-8-9-14(21)17(11-13)24-10-4-7-18(24)25/h2-3,5-6,8-9,11-12H,4,7,10H2,1H3,(H,23,26)/t12-/m1/s1. The Bertz CT molecular complexity index is 934. The fraction of sp³-hybridized carbons (Fsp3) is 0.250. The molecule has 28 heavy (non-hydrogen) atoms. The predicted octanol–water partition coefficient (Wildman–Crippen LogP) is 3.79. The van der Waals surface area contributed by atoms with Crippen LogP contribution in [-0.2, 0) is 14.3 Å². The van der Waals surface area contributed by atoms with Crippen LogP contribution < -0.4 is 10.2 Å². The van der Waals surface area contributed by atoms with Crippen LogP contribution >= 0.6 is 11.6 Å². The highest BCUT2D eigenvalue weighted by Crippen LogP contribution is 2.30. The summed E-state index contributed by atoms with van der Waals surface area (Å²) in [5.74, 6) is -2.07. The molecule has 2 aromatic rings. The molecule has 6 nitrogen and oxygen atoms in total. The highest BCUT2D eigenvalue weighted by Gasteiger charge is 2.26. The summed E-state index contributed by atoms with van der Waals surface area (Å²) >= 11 is 6.16. The van der Waals surface area contributed by atoms with Gasteiger partial charge in [0.05, 0.1) is 22.0 Å². The van der Waals surface area contributed by atoms with Crippen molar-refractivity contribution in [3.8, 4) is 0 Å². The fourth-order valence-electron chi connectivity index (χ4n) is 2.83. The smallest absolute Gasteiger partial charge is 0.338 e. The highest BCUT2D eigenvalue weighted by atomic mass is 35.5. The van der Waals surface area contributed by atoms with Gasteiger partial charge in [0.15, 0.2) is 6.10 Å². The summed E-state index contributed by atoms with van der Waals surface area (Å²) in [6.07, 6.45) is -0.00494. The number of hydrogen-bond donors (Lipinski definition) is 1. The first-order valence-electron chi connectivity index (χ1n) is 8.73. The van der Waals surface area contributed by atoms with E-state index in [0.29, 0.717) is 23.7 Å². The van der Waals surface area contributed by atoms with Gasteiger partial charge in [0.1, 0.15) is 5.82 Å². The molecule has 2 aromatic carbocycles. The van der Waals surface area contributed by atoms with Crippen molar-refractivity contribution in [1.82, 2.24) is 0 Å². The van der Waals surface area contributed by atoms with Gasteiger partial charge in [0.2, 0.25) is 5.91 Å². The summed E-state index contributed by atoms with van der Waals surface area (Å²) < 4.78 is 18.8. The largest absolute Gasteiger partial charge is 0.449 e. The quantitative estimate of drug-likeness (QED) is 0.769. The van der Waals surface area contributed by atoms with Crippen molar-refractivity contribution in [1.29, 1.82) is 0 Å². The van der Waals surface area contributed by atoms with Gasteiger partial charge in [-0.2, -0.15) is 0 Å². The average Bonchev–Trinajstić information content (AvgIpc) is 3.09. The molecule has 0 aliphatic carbocycles. The summed E-state index contributed by atoms with van der Waals surface area (Å²) in [5, 5.41) is 2.72. The molecule has 1 N–H and O–H groups in total. The van der Waals surface area contributed by atoms with Crippen LogP contribution in [0.3, 0.4) is 0 Å². The summed E-state index contributed by atoms with van der Waals surface area (Å²) in [7, 11) is 0. The van der Waals surface area contributed by atoms with E-state index in [4.69, 9.17) is 16.3 Å². The van der Waals surface area contributed by atoms with E-state index >= 15 is 0 Å². The number of carbonyl (C=O) groups excluding carboxylic acids is 3. The maximum absolute atomic E-state index is 13.6. The van der Waals surface area contributed by atoms with Crippen molar-refractivity contribution in [2.45, 2.75) is 25.9 Å². The van der Waals surface area contributed by atoms with Crippen LogP contribution in [-0.4, -0.2) is 30.4 Å². The maximum Gasteiger partial charge on any atom is 0.338 e. The first-order valence-corrected chi connectivity index (χ1v) is 9.11. The zero-order valence-electron chi connectivity index (χ0n) is 15.1. The lowest BCUT2D eigenvalue weighted by molar-refractivity contribution is -0.123. The molecule has 0 saturated carbocycles. The zero-order valence-corrected chi connectivity index (χ0v) is 15.8. The molecule has 2 amide bonds. The van der Waals surface area contributed by atoms with E-state index in [0.717, 1.165) is 6.42 Å².